The van der Waals surface area contributed by atoms with Crippen molar-refractivity contribution in [3.8, 4) is 39.3 Å². The van der Waals surface area contributed by atoms with Crippen molar-refractivity contribution >= 4 is 21.9 Å². The molecule has 0 N–H and O–H groups in total. The molecule has 0 atom stereocenters. The lowest BCUT2D eigenvalue weighted by molar-refractivity contribution is 0.835. The summed E-state index contributed by atoms with van der Waals surface area (Å²) < 4.78 is 4.88. The number of hydrogen-bond donors (Lipinski definition) is 0. The molecule has 8 rings (SSSR count). The van der Waals surface area contributed by atoms with Crippen molar-refractivity contribution < 1.29 is 0 Å². The van der Waals surface area contributed by atoms with Gasteiger partial charge in [0.05, 0.1) is 33.3 Å². The molecule has 6 heteroatoms. The van der Waals surface area contributed by atoms with Gasteiger partial charge in [0.2, 0.25) is 0 Å². The first-order valence-electron chi connectivity index (χ1n) is 14.7. The minimum atomic E-state index is -0.451. The Bertz CT molecular complexity index is 2460. The van der Waals surface area contributed by atoms with E-state index in [1.54, 1.807) is 23.0 Å². The first-order valence-corrected chi connectivity index (χ1v) is 14.7. The highest BCUT2D eigenvalue weighted by molar-refractivity contribution is 5.94. The maximum absolute atomic E-state index is 14.6. The molecular formula is C39H26N4O2. The smallest absolute Gasteiger partial charge is 0.299 e. The highest BCUT2D eigenvalue weighted by atomic mass is 16.2. The number of para-hydroxylation sites is 1. The van der Waals surface area contributed by atoms with E-state index < -0.39 is 11.2 Å². The normalized spacial score (nSPS) is 11.3. The van der Waals surface area contributed by atoms with Crippen LogP contribution in [0, 0.1) is 0 Å². The average molecular weight is 583 g/mol. The van der Waals surface area contributed by atoms with Gasteiger partial charge in [-0.25, -0.2) is 14.3 Å². The topological polar surface area (TPSA) is 61.8 Å². The van der Waals surface area contributed by atoms with Gasteiger partial charge in [0, 0.05) is 5.69 Å². The molecule has 0 saturated heterocycles. The first kappa shape index (κ1) is 26.4. The molecule has 2 heterocycles. The van der Waals surface area contributed by atoms with E-state index in [0.717, 1.165) is 33.5 Å². The zero-order chi connectivity index (χ0) is 30.3. The Morgan fingerprint density at radius 2 is 0.956 bits per heavy atom. The van der Waals surface area contributed by atoms with E-state index in [1.807, 2.05) is 144 Å². The van der Waals surface area contributed by atoms with Gasteiger partial charge < -0.3 is 0 Å². The molecule has 0 aliphatic rings. The van der Waals surface area contributed by atoms with Crippen LogP contribution in [0.2, 0.25) is 0 Å². The molecule has 0 fully saturated rings. The van der Waals surface area contributed by atoms with Crippen molar-refractivity contribution in [3.63, 3.8) is 0 Å². The van der Waals surface area contributed by atoms with Crippen molar-refractivity contribution in [2.24, 2.45) is 0 Å². The fraction of sp³-hybridized carbons (Fsp3) is 0. The molecule has 8 aromatic rings. The van der Waals surface area contributed by atoms with Crippen LogP contribution in [0.5, 0.6) is 0 Å². The first-order chi connectivity index (χ1) is 22.2. The summed E-state index contributed by atoms with van der Waals surface area (Å²) in [4.78, 5) is 33.6. The minimum absolute atomic E-state index is 0.396. The number of rotatable bonds is 5. The Hall–Kier alpha value is -6.27. The van der Waals surface area contributed by atoms with Crippen LogP contribution >= 0.6 is 0 Å². The van der Waals surface area contributed by atoms with Gasteiger partial charge >= 0.3 is 5.69 Å². The van der Waals surface area contributed by atoms with Crippen LogP contribution in [-0.2, 0) is 0 Å². The van der Waals surface area contributed by atoms with Gasteiger partial charge in [0.25, 0.3) is 5.56 Å². The van der Waals surface area contributed by atoms with Crippen molar-refractivity contribution in [2.75, 3.05) is 0 Å². The third-order valence-corrected chi connectivity index (χ3v) is 8.18. The lowest BCUT2D eigenvalue weighted by Gasteiger charge is -2.16. The second kappa shape index (κ2) is 10.8. The van der Waals surface area contributed by atoms with E-state index in [9.17, 15) is 9.59 Å². The Morgan fingerprint density at radius 1 is 0.444 bits per heavy atom. The van der Waals surface area contributed by atoms with E-state index in [1.165, 1.54) is 4.57 Å². The van der Waals surface area contributed by atoms with Crippen molar-refractivity contribution in [2.45, 2.75) is 0 Å². The molecule has 214 valence electrons. The van der Waals surface area contributed by atoms with Crippen molar-refractivity contribution in [3.05, 3.63) is 179 Å². The number of benzene rings is 6. The Balaban J connectivity index is 1.44. The average Bonchev–Trinajstić information content (AvgIpc) is 3.52. The molecule has 0 aliphatic carbocycles. The predicted molar refractivity (Wildman–Crippen MR) is 181 cm³/mol. The van der Waals surface area contributed by atoms with Gasteiger partial charge in [-0.15, -0.1) is 0 Å². The SMILES string of the molecule is O=c1c2cc3ncn(-c4ccccc4)c3cc2n(-c2cccc(-c3ccccc3)c2)c(=O)n1-c1cccc(-c2ccccc2)c1. The van der Waals surface area contributed by atoms with Gasteiger partial charge in [-0.3, -0.25) is 13.9 Å². The number of imidazole rings is 1. The number of aromatic nitrogens is 4. The van der Waals surface area contributed by atoms with Crippen LogP contribution in [0.15, 0.2) is 168 Å². The van der Waals surface area contributed by atoms with E-state index in [0.29, 0.717) is 27.8 Å². The van der Waals surface area contributed by atoms with Gasteiger partial charge in [-0.1, -0.05) is 103 Å². The maximum Gasteiger partial charge on any atom is 0.340 e. The summed E-state index contributed by atoms with van der Waals surface area (Å²) in [6.45, 7) is 0. The van der Waals surface area contributed by atoms with E-state index >= 15 is 0 Å². The molecular weight excluding hydrogens is 556 g/mol. The van der Waals surface area contributed by atoms with Crippen LogP contribution in [0.4, 0.5) is 0 Å². The molecule has 0 spiro atoms. The van der Waals surface area contributed by atoms with Crippen LogP contribution in [-0.4, -0.2) is 18.7 Å². The molecule has 0 unspecified atom stereocenters. The summed E-state index contributed by atoms with van der Waals surface area (Å²) in [7, 11) is 0. The minimum Gasteiger partial charge on any atom is -0.299 e. The van der Waals surface area contributed by atoms with Crippen LogP contribution < -0.4 is 11.2 Å². The molecule has 0 aliphatic heterocycles. The van der Waals surface area contributed by atoms with Crippen LogP contribution in [0.25, 0.3) is 61.3 Å². The fourth-order valence-corrected chi connectivity index (χ4v) is 5.99. The monoisotopic (exact) mass is 582 g/mol. The molecule has 2 aromatic heterocycles. The zero-order valence-electron chi connectivity index (χ0n) is 24.1. The van der Waals surface area contributed by atoms with Gasteiger partial charge in [0.1, 0.15) is 6.33 Å². The van der Waals surface area contributed by atoms with E-state index in [2.05, 4.69) is 4.98 Å². The molecule has 6 aromatic carbocycles. The summed E-state index contributed by atoms with van der Waals surface area (Å²) >= 11 is 0. The molecule has 6 nitrogen and oxygen atoms in total. The van der Waals surface area contributed by atoms with E-state index in [-0.39, 0.29) is 0 Å². The van der Waals surface area contributed by atoms with Gasteiger partial charge in [-0.2, -0.15) is 0 Å². The fourth-order valence-electron chi connectivity index (χ4n) is 5.99. The Morgan fingerprint density at radius 3 is 1.56 bits per heavy atom. The summed E-state index contributed by atoms with van der Waals surface area (Å²) in [5, 5.41) is 0.399. The maximum atomic E-state index is 14.6. The third-order valence-electron chi connectivity index (χ3n) is 8.18. The summed E-state index contributed by atoms with van der Waals surface area (Å²) in [6, 6.07) is 48.9. The third kappa shape index (κ3) is 4.56. The van der Waals surface area contributed by atoms with Gasteiger partial charge in [0.15, 0.2) is 0 Å². The Kier molecular flexibility index (Phi) is 6.31. The molecule has 0 saturated carbocycles. The highest BCUT2D eigenvalue weighted by Gasteiger charge is 2.19. The molecule has 0 amide bonds. The number of nitrogens with zero attached hydrogens (tertiary/aromatic N) is 4. The largest absolute Gasteiger partial charge is 0.340 e. The molecule has 0 bridgehead atoms. The van der Waals surface area contributed by atoms with Crippen molar-refractivity contribution in [1.82, 2.24) is 18.7 Å². The second-order valence-electron chi connectivity index (χ2n) is 10.9. The van der Waals surface area contributed by atoms with Crippen LogP contribution in [0.3, 0.4) is 0 Å². The highest BCUT2D eigenvalue weighted by Crippen LogP contribution is 2.27. The summed E-state index contributed by atoms with van der Waals surface area (Å²) in [6.07, 6.45) is 1.75. The zero-order valence-corrected chi connectivity index (χ0v) is 24.1. The van der Waals surface area contributed by atoms with E-state index in [4.69, 9.17) is 0 Å². The summed E-state index contributed by atoms with van der Waals surface area (Å²) in [5.74, 6) is 0. The summed E-state index contributed by atoms with van der Waals surface area (Å²) in [5.41, 5.74) is 7.12. The second-order valence-corrected chi connectivity index (χ2v) is 10.9. The predicted octanol–water partition coefficient (Wildman–Crippen LogP) is 7.81. The Labute approximate surface area is 258 Å². The lowest BCUT2D eigenvalue weighted by Crippen LogP contribution is -2.38. The number of hydrogen-bond acceptors (Lipinski definition) is 3. The lowest BCUT2D eigenvalue weighted by atomic mass is 10.0. The standard InChI is InChI=1S/C39H26N4O2/c44-38-34-24-35-37(41(26-40-35)31-18-8-3-9-19-31)25-36(34)42(32-20-10-16-29(22-32)27-12-4-1-5-13-27)39(45)43(38)33-21-11-17-30(23-33)28-14-6-2-7-15-28/h1-26H. The molecule has 0 radical (unpaired) electrons. The van der Waals surface area contributed by atoms with Crippen LogP contribution in [0.1, 0.15) is 0 Å². The number of fused-ring (bicyclic) bond motifs is 2. The quantitative estimate of drug-likeness (QED) is 0.208. The van der Waals surface area contributed by atoms with Crippen molar-refractivity contribution in [1.29, 1.82) is 0 Å². The van der Waals surface area contributed by atoms with Gasteiger partial charge in [-0.05, 0) is 70.8 Å². The molecule has 45 heavy (non-hydrogen) atoms.